The molecule has 0 saturated carbocycles. The number of hydrogen-bond acceptors (Lipinski definition) is 3. The van der Waals surface area contributed by atoms with Crippen molar-refractivity contribution in [3.8, 4) is 0 Å². The van der Waals surface area contributed by atoms with Crippen molar-refractivity contribution < 1.29 is 5.11 Å². The van der Waals surface area contributed by atoms with Crippen LogP contribution in [0.5, 0.6) is 0 Å². The predicted octanol–water partition coefficient (Wildman–Crippen LogP) is 2.51. The summed E-state index contributed by atoms with van der Waals surface area (Å²) in [6.45, 7) is 8.86. The summed E-state index contributed by atoms with van der Waals surface area (Å²) in [7, 11) is 0. The van der Waals surface area contributed by atoms with Gasteiger partial charge in [-0.05, 0) is 36.8 Å². The van der Waals surface area contributed by atoms with E-state index in [2.05, 4.69) is 23.7 Å². The Morgan fingerprint density at radius 3 is 2.47 bits per heavy atom. The van der Waals surface area contributed by atoms with E-state index >= 15 is 0 Å². The Labute approximate surface area is 103 Å². The van der Waals surface area contributed by atoms with Gasteiger partial charge in [0.2, 0.25) is 0 Å². The molecular formula is C14H22N2O. The lowest BCUT2D eigenvalue weighted by Crippen LogP contribution is -2.37. The quantitative estimate of drug-likeness (QED) is 0.854. The fourth-order valence-electron chi connectivity index (χ4n) is 2.26. The Balaban J connectivity index is 2.11. The van der Waals surface area contributed by atoms with E-state index in [1.807, 2.05) is 19.1 Å². The second-order valence-corrected chi connectivity index (χ2v) is 5.72. The third-order valence-corrected chi connectivity index (χ3v) is 3.79. The smallest absolute Gasteiger partial charge is 0.128 e. The van der Waals surface area contributed by atoms with Crippen LogP contribution in [0.2, 0.25) is 0 Å². The molecule has 17 heavy (non-hydrogen) atoms. The zero-order chi connectivity index (χ0) is 12.5. The van der Waals surface area contributed by atoms with Gasteiger partial charge in [-0.2, -0.15) is 0 Å². The van der Waals surface area contributed by atoms with Crippen LogP contribution in [0.15, 0.2) is 12.1 Å². The zero-order valence-corrected chi connectivity index (χ0v) is 11.0. The first-order valence-corrected chi connectivity index (χ1v) is 6.34. The van der Waals surface area contributed by atoms with E-state index in [0.717, 1.165) is 30.2 Å². The van der Waals surface area contributed by atoms with E-state index in [0.29, 0.717) is 5.41 Å². The molecule has 1 aromatic heterocycles. The zero-order valence-electron chi connectivity index (χ0n) is 11.0. The lowest BCUT2D eigenvalue weighted by atomic mass is 9.83. The molecule has 3 heteroatoms. The number of pyridine rings is 1. The van der Waals surface area contributed by atoms with Gasteiger partial charge in [-0.1, -0.05) is 19.9 Å². The first-order valence-electron chi connectivity index (χ1n) is 6.34. The van der Waals surface area contributed by atoms with Crippen LogP contribution in [0.1, 0.15) is 37.9 Å². The summed E-state index contributed by atoms with van der Waals surface area (Å²) in [6, 6.07) is 4.01. The van der Waals surface area contributed by atoms with E-state index in [1.54, 1.807) is 0 Å². The van der Waals surface area contributed by atoms with Gasteiger partial charge in [0.15, 0.2) is 0 Å². The maximum atomic E-state index is 9.13. The number of rotatable bonds is 2. The first kappa shape index (κ1) is 12.4. The summed E-state index contributed by atoms with van der Waals surface area (Å²) in [5, 5.41) is 9.13. The monoisotopic (exact) mass is 234 g/mol. The van der Waals surface area contributed by atoms with Crippen LogP contribution >= 0.6 is 0 Å². The molecule has 0 amide bonds. The number of hydrogen-bond donors (Lipinski definition) is 1. The fraction of sp³-hybridized carbons (Fsp3) is 0.643. The molecular weight excluding hydrogens is 212 g/mol. The number of piperidine rings is 1. The molecule has 94 valence electrons. The number of aromatic nitrogens is 1. The number of aryl methyl sites for hydroxylation is 1. The molecule has 1 aromatic rings. The fourth-order valence-corrected chi connectivity index (χ4v) is 2.26. The highest BCUT2D eigenvalue weighted by Gasteiger charge is 2.25. The molecule has 1 fully saturated rings. The van der Waals surface area contributed by atoms with Gasteiger partial charge in [0, 0.05) is 18.8 Å². The van der Waals surface area contributed by atoms with Gasteiger partial charge in [-0.25, -0.2) is 4.98 Å². The van der Waals surface area contributed by atoms with Crippen LogP contribution in [-0.4, -0.2) is 23.2 Å². The summed E-state index contributed by atoms with van der Waals surface area (Å²) in [5.74, 6) is 1.05. The minimum Gasteiger partial charge on any atom is -0.392 e. The van der Waals surface area contributed by atoms with Crippen LogP contribution in [0.3, 0.4) is 0 Å². The minimum absolute atomic E-state index is 0.0755. The Bertz CT molecular complexity index is 391. The second kappa shape index (κ2) is 4.65. The van der Waals surface area contributed by atoms with Gasteiger partial charge in [-0.15, -0.1) is 0 Å². The van der Waals surface area contributed by atoms with Crippen molar-refractivity contribution in [3.05, 3.63) is 23.4 Å². The van der Waals surface area contributed by atoms with Crippen molar-refractivity contribution >= 4 is 5.82 Å². The highest BCUT2D eigenvalue weighted by molar-refractivity contribution is 5.42. The van der Waals surface area contributed by atoms with E-state index in [4.69, 9.17) is 5.11 Å². The Kier molecular flexibility index (Phi) is 3.38. The third-order valence-electron chi connectivity index (χ3n) is 3.79. The number of anilines is 1. The van der Waals surface area contributed by atoms with Gasteiger partial charge < -0.3 is 10.0 Å². The molecule has 2 rings (SSSR count). The van der Waals surface area contributed by atoms with Gasteiger partial charge in [0.05, 0.1) is 6.61 Å². The van der Waals surface area contributed by atoms with Crippen LogP contribution in [-0.2, 0) is 6.61 Å². The average molecular weight is 234 g/mol. The molecule has 3 nitrogen and oxygen atoms in total. The maximum absolute atomic E-state index is 9.13. The summed E-state index contributed by atoms with van der Waals surface area (Å²) in [6.07, 6.45) is 2.44. The molecule has 2 heterocycles. The van der Waals surface area contributed by atoms with Gasteiger partial charge in [0.25, 0.3) is 0 Å². The molecule has 0 unspecified atom stereocenters. The van der Waals surface area contributed by atoms with Crippen molar-refractivity contribution in [3.63, 3.8) is 0 Å². The molecule has 1 aliphatic rings. The van der Waals surface area contributed by atoms with Crippen molar-refractivity contribution in [1.29, 1.82) is 0 Å². The van der Waals surface area contributed by atoms with Gasteiger partial charge in [0.1, 0.15) is 5.82 Å². The molecule has 0 aromatic carbocycles. The number of nitrogens with zero attached hydrogens (tertiary/aromatic N) is 2. The Morgan fingerprint density at radius 1 is 1.29 bits per heavy atom. The predicted molar refractivity (Wildman–Crippen MR) is 70.1 cm³/mol. The second-order valence-electron chi connectivity index (χ2n) is 5.72. The maximum Gasteiger partial charge on any atom is 0.128 e. The topological polar surface area (TPSA) is 36.4 Å². The summed E-state index contributed by atoms with van der Waals surface area (Å²) in [5.41, 5.74) is 2.33. The molecule has 0 atom stereocenters. The van der Waals surface area contributed by atoms with Crippen LogP contribution < -0.4 is 4.90 Å². The SMILES string of the molecule is Cc1nc(N2CCC(C)(C)CC2)ccc1CO. The molecule has 1 saturated heterocycles. The van der Waals surface area contributed by atoms with Gasteiger partial charge >= 0.3 is 0 Å². The Morgan fingerprint density at radius 2 is 1.94 bits per heavy atom. The number of aliphatic hydroxyl groups excluding tert-OH is 1. The molecule has 0 bridgehead atoms. The molecule has 0 radical (unpaired) electrons. The minimum atomic E-state index is 0.0755. The third kappa shape index (κ3) is 2.78. The standard InChI is InChI=1S/C14H22N2O/c1-11-12(10-17)4-5-13(15-11)16-8-6-14(2,3)7-9-16/h4-5,17H,6-10H2,1-3H3. The van der Waals surface area contributed by atoms with Crippen LogP contribution in [0, 0.1) is 12.3 Å². The van der Waals surface area contributed by atoms with Crippen molar-refractivity contribution in [2.24, 2.45) is 5.41 Å². The molecule has 1 aliphatic heterocycles. The van der Waals surface area contributed by atoms with Crippen molar-refractivity contribution in [1.82, 2.24) is 4.98 Å². The highest BCUT2D eigenvalue weighted by atomic mass is 16.3. The highest BCUT2D eigenvalue weighted by Crippen LogP contribution is 2.31. The van der Waals surface area contributed by atoms with Crippen LogP contribution in [0.4, 0.5) is 5.82 Å². The van der Waals surface area contributed by atoms with E-state index in [1.165, 1.54) is 12.8 Å². The lowest BCUT2D eigenvalue weighted by Gasteiger charge is -2.37. The van der Waals surface area contributed by atoms with Crippen LogP contribution in [0.25, 0.3) is 0 Å². The van der Waals surface area contributed by atoms with Gasteiger partial charge in [-0.3, -0.25) is 0 Å². The van der Waals surface area contributed by atoms with E-state index < -0.39 is 0 Å². The largest absolute Gasteiger partial charge is 0.392 e. The average Bonchev–Trinajstić information content (AvgIpc) is 2.29. The molecule has 0 spiro atoms. The summed E-state index contributed by atoms with van der Waals surface area (Å²) in [4.78, 5) is 6.93. The normalized spacial score (nSPS) is 19.4. The van der Waals surface area contributed by atoms with Crippen molar-refractivity contribution in [2.75, 3.05) is 18.0 Å². The van der Waals surface area contributed by atoms with E-state index in [9.17, 15) is 0 Å². The molecule has 0 aliphatic carbocycles. The first-order chi connectivity index (χ1) is 8.02. The number of aliphatic hydroxyl groups is 1. The summed E-state index contributed by atoms with van der Waals surface area (Å²) >= 11 is 0. The van der Waals surface area contributed by atoms with E-state index in [-0.39, 0.29) is 6.61 Å². The Hall–Kier alpha value is -1.09. The lowest BCUT2D eigenvalue weighted by molar-refractivity contribution is 0.278. The summed E-state index contributed by atoms with van der Waals surface area (Å²) < 4.78 is 0. The molecule has 1 N–H and O–H groups in total. The van der Waals surface area contributed by atoms with Crippen molar-refractivity contribution in [2.45, 2.75) is 40.2 Å².